The molecule has 48 heavy (non-hydrogen) atoms. The van der Waals surface area contributed by atoms with Crippen LogP contribution in [-0.2, 0) is 9.59 Å². The van der Waals surface area contributed by atoms with Crippen LogP contribution >= 0.6 is 0 Å². The van der Waals surface area contributed by atoms with E-state index >= 15 is 0 Å². The van der Waals surface area contributed by atoms with E-state index in [9.17, 15) is 9.59 Å². The highest BCUT2D eigenvalue weighted by atomic mass is 16.5. The lowest BCUT2D eigenvalue weighted by atomic mass is 10.2. The molecule has 0 aliphatic rings. The van der Waals surface area contributed by atoms with E-state index in [1.165, 1.54) is 57.5 Å². The summed E-state index contributed by atoms with van der Waals surface area (Å²) >= 11 is 0. The van der Waals surface area contributed by atoms with Crippen molar-refractivity contribution in [2.75, 3.05) is 0 Å². The molecule has 240 valence electrons. The zero-order valence-electron chi connectivity index (χ0n) is 27.5. The fourth-order valence-electron chi connectivity index (χ4n) is 5.25. The SMILES string of the molecule is CC(=O)Oc1ccccc1C.CC(=O)Oc1ccccc1C.c1ccc2c(c1)[nH]c1ccccc12.c1ccc2c(c1)[nH]c1ccccc12. The first-order chi connectivity index (χ1) is 23.3. The van der Waals surface area contributed by atoms with Crippen molar-refractivity contribution in [3.8, 4) is 11.5 Å². The van der Waals surface area contributed by atoms with Crippen LogP contribution in [0.4, 0.5) is 0 Å². The van der Waals surface area contributed by atoms with Gasteiger partial charge in [-0.2, -0.15) is 0 Å². The fourth-order valence-corrected chi connectivity index (χ4v) is 5.25. The van der Waals surface area contributed by atoms with Gasteiger partial charge >= 0.3 is 11.9 Å². The Hall–Kier alpha value is -6.14. The average molecular weight is 635 g/mol. The number of carbonyl (C=O) groups excluding carboxylic acids is 2. The van der Waals surface area contributed by atoms with Crippen molar-refractivity contribution in [2.24, 2.45) is 0 Å². The van der Waals surface area contributed by atoms with E-state index in [0.717, 1.165) is 11.1 Å². The number of para-hydroxylation sites is 6. The second kappa shape index (κ2) is 15.9. The van der Waals surface area contributed by atoms with Gasteiger partial charge in [0, 0.05) is 57.5 Å². The van der Waals surface area contributed by atoms with Crippen molar-refractivity contribution >= 4 is 55.6 Å². The predicted octanol–water partition coefficient (Wildman–Crippen LogP) is 10.5. The van der Waals surface area contributed by atoms with E-state index in [4.69, 9.17) is 9.47 Å². The molecule has 6 nitrogen and oxygen atoms in total. The van der Waals surface area contributed by atoms with Crippen LogP contribution in [0.5, 0.6) is 11.5 Å². The Bertz CT molecular complexity index is 2030. The Morgan fingerprint density at radius 2 is 0.646 bits per heavy atom. The van der Waals surface area contributed by atoms with E-state index in [1.807, 2.05) is 50.2 Å². The number of ether oxygens (including phenoxy) is 2. The van der Waals surface area contributed by atoms with Gasteiger partial charge in [0.15, 0.2) is 0 Å². The number of fused-ring (bicyclic) bond motifs is 6. The zero-order valence-corrected chi connectivity index (χ0v) is 27.5. The largest absolute Gasteiger partial charge is 0.426 e. The number of hydrogen-bond acceptors (Lipinski definition) is 4. The number of nitrogens with one attached hydrogen (secondary N) is 2. The standard InChI is InChI=1S/2C12H9N.2C9H10O2/c2*1-3-7-11-9(5-1)10-6-2-4-8-12(10)13-11;2*1-7-5-3-4-6-9(7)11-8(2)10/h2*1-8,13H;2*3-6H,1-2H3. The summed E-state index contributed by atoms with van der Waals surface area (Å²) < 4.78 is 9.81. The summed E-state index contributed by atoms with van der Waals surface area (Å²) in [5, 5.41) is 5.22. The molecular formula is C42H38N2O4. The van der Waals surface area contributed by atoms with Crippen molar-refractivity contribution < 1.29 is 19.1 Å². The summed E-state index contributed by atoms with van der Waals surface area (Å²) in [7, 11) is 0. The predicted molar refractivity (Wildman–Crippen MR) is 197 cm³/mol. The van der Waals surface area contributed by atoms with E-state index in [-0.39, 0.29) is 11.9 Å². The molecule has 0 saturated carbocycles. The quantitative estimate of drug-likeness (QED) is 0.146. The first-order valence-corrected chi connectivity index (χ1v) is 15.7. The molecule has 0 fully saturated rings. The monoisotopic (exact) mass is 634 g/mol. The number of aromatic amines is 2. The minimum Gasteiger partial charge on any atom is -0.426 e. The molecule has 6 heteroatoms. The molecule has 0 unspecified atom stereocenters. The number of carbonyl (C=O) groups is 2. The van der Waals surface area contributed by atoms with Gasteiger partial charge in [-0.05, 0) is 61.4 Å². The highest BCUT2D eigenvalue weighted by Crippen LogP contribution is 2.25. The van der Waals surface area contributed by atoms with Crippen LogP contribution in [0.2, 0.25) is 0 Å². The van der Waals surface area contributed by atoms with Crippen molar-refractivity contribution in [3.63, 3.8) is 0 Å². The van der Waals surface area contributed by atoms with Gasteiger partial charge in [0.1, 0.15) is 11.5 Å². The maximum atomic E-state index is 10.5. The zero-order chi connectivity index (χ0) is 33.9. The number of aromatic nitrogens is 2. The Balaban J connectivity index is 0.000000126. The van der Waals surface area contributed by atoms with Gasteiger partial charge in [-0.15, -0.1) is 0 Å². The van der Waals surface area contributed by atoms with Gasteiger partial charge < -0.3 is 19.4 Å². The minimum atomic E-state index is -0.278. The lowest BCUT2D eigenvalue weighted by Gasteiger charge is -2.02. The summed E-state index contributed by atoms with van der Waals surface area (Å²) in [4.78, 5) is 27.8. The van der Waals surface area contributed by atoms with E-state index in [0.29, 0.717) is 11.5 Å². The molecule has 2 aromatic heterocycles. The van der Waals surface area contributed by atoms with Crippen molar-refractivity contribution in [1.82, 2.24) is 9.97 Å². The second-order valence-corrected chi connectivity index (χ2v) is 11.2. The molecule has 8 rings (SSSR count). The summed E-state index contributed by atoms with van der Waals surface area (Å²) in [6.07, 6.45) is 0. The molecule has 0 aliphatic heterocycles. The third-order valence-electron chi connectivity index (χ3n) is 7.52. The molecule has 0 amide bonds. The van der Waals surface area contributed by atoms with Crippen LogP contribution in [-0.4, -0.2) is 21.9 Å². The minimum absolute atomic E-state index is 0.278. The molecule has 0 spiro atoms. The number of H-pyrrole nitrogens is 2. The smallest absolute Gasteiger partial charge is 0.308 e. The normalized spacial score (nSPS) is 10.2. The van der Waals surface area contributed by atoms with Crippen LogP contribution in [0.3, 0.4) is 0 Å². The fraction of sp³-hybridized carbons (Fsp3) is 0.0952. The average Bonchev–Trinajstić information content (AvgIpc) is 3.66. The van der Waals surface area contributed by atoms with Crippen LogP contribution in [0.1, 0.15) is 25.0 Å². The Kier molecular flexibility index (Phi) is 11.0. The molecule has 0 bridgehead atoms. The summed E-state index contributed by atoms with van der Waals surface area (Å²) in [6, 6.07) is 48.4. The maximum absolute atomic E-state index is 10.5. The molecule has 0 radical (unpaired) electrons. The third kappa shape index (κ3) is 8.56. The summed E-state index contributed by atoms with van der Waals surface area (Å²) in [5.74, 6) is 0.721. The van der Waals surface area contributed by atoms with Crippen LogP contribution in [0.15, 0.2) is 146 Å². The van der Waals surface area contributed by atoms with Crippen LogP contribution in [0, 0.1) is 13.8 Å². The van der Waals surface area contributed by atoms with Gasteiger partial charge in [0.2, 0.25) is 0 Å². The van der Waals surface area contributed by atoms with Gasteiger partial charge in [-0.3, -0.25) is 9.59 Å². The highest BCUT2D eigenvalue weighted by molar-refractivity contribution is 6.07. The second-order valence-electron chi connectivity index (χ2n) is 11.2. The molecule has 0 saturated heterocycles. The first-order valence-electron chi connectivity index (χ1n) is 15.7. The van der Waals surface area contributed by atoms with Crippen LogP contribution < -0.4 is 9.47 Å². The number of benzene rings is 6. The number of rotatable bonds is 2. The van der Waals surface area contributed by atoms with Gasteiger partial charge in [-0.1, -0.05) is 109 Å². The topological polar surface area (TPSA) is 84.2 Å². The first kappa shape index (κ1) is 33.2. The Morgan fingerprint density at radius 1 is 0.396 bits per heavy atom. The molecule has 6 aromatic carbocycles. The molecule has 2 N–H and O–H groups in total. The number of esters is 2. The lowest BCUT2D eigenvalue weighted by Crippen LogP contribution is -2.02. The Labute approximate surface area is 280 Å². The third-order valence-corrected chi connectivity index (χ3v) is 7.52. The molecule has 8 aromatic rings. The molecular weight excluding hydrogens is 596 g/mol. The van der Waals surface area contributed by atoms with Gasteiger partial charge in [0.25, 0.3) is 0 Å². The van der Waals surface area contributed by atoms with Crippen molar-refractivity contribution in [1.29, 1.82) is 0 Å². The van der Waals surface area contributed by atoms with Gasteiger partial charge in [0.05, 0.1) is 0 Å². The molecule has 0 atom stereocenters. The van der Waals surface area contributed by atoms with E-state index in [1.54, 1.807) is 12.1 Å². The lowest BCUT2D eigenvalue weighted by molar-refractivity contribution is -0.132. The van der Waals surface area contributed by atoms with Gasteiger partial charge in [-0.25, -0.2) is 0 Å². The van der Waals surface area contributed by atoms with Crippen molar-refractivity contribution in [3.05, 3.63) is 157 Å². The summed E-state index contributed by atoms with van der Waals surface area (Å²) in [6.45, 7) is 6.59. The van der Waals surface area contributed by atoms with E-state index in [2.05, 4.69) is 107 Å². The highest BCUT2D eigenvalue weighted by Gasteiger charge is 2.02. The maximum Gasteiger partial charge on any atom is 0.308 e. The van der Waals surface area contributed by atoms with E-state index < -0.39 is 0 Å². The number of aryl methyl sites for hydroxylation is 2. The molecule has 0 aliphatic carbocycles. The van der Waals surface area contributed by atoms with Crippen LogP contribution in [0.25, 0.3) is 43.6 Å². The van der Waals surface area contributed by atoms with Crippen molar-refractivity contribution in [2.45, 2.75) is 27.7 Å². The molecule has 2 heterocycles. The summed E-state index contributed by atoms with van der Waals surface area (Å²) in [5.41, 5.74) is 6.80. The Morgan fingerprint density at radius 3 is 0.917 bits per heavy atom. The number of hydrogen-bond donors (Lipinski definition) is 2.